The van der Waals surface area contributed by atoms with Crippen molar-refractivity contribution in [3.8, 4) is 0 Å². The minimum atomic E-state index is -1.50. The topological polar surface area (TPSA) is 0 Å². The summed E-state index contributed by atoms with van der Waals surface area (Å²) in [6.45, 7) is 31.0. The second kappa shape index (κ2) is 6.36. The van der Waals surface area contributed by atoms with Gasteiger partial charge in [0.05, 0.1) is 8.07 Å². The van der Waals surface area contributed by atoms with Gasteiger partial charge >= 0.3 is 0 Å². The summed E-state index contributed by atoms with van der Waals surface area (Å²) in [6.07, 6.45) is 8.66. The Hall–Kier alpha value is 0.217. The van der Waals surface area contributed by atoms with E-state index in [1.807, 2.05) is 0 Å². The van der Waals surface area contributed by atoms with Crippen LogP contribution in [0.25, 0.3) is 0 Å². The van der Waals surface area contributed by atoms with E-state index in [0.29, 0.717) is 26.7 Å². The maximum Gasteiger partial charge on any atom is 0.0621 e. The van der Waals surface area contributed by atoms with E-state index in [2.05, 4.69) is 82.7 Å². The molecular weight excluding hydrogens is 328 g/mol. The molecule has 2 rings (SSSR count). The second-order valence-electron chi connectivity index (χ2n) is 14.8. The molecule has 0 aliphatic heterocycles. The Bertz CT molecular complexity index is 445. The zero-order chi connectivity index (χ0) is 20.4. The predicted octanol–water partition coefficient (Wildman–Crippen LogP) is 9.08. The second-order valence-corrected chi connectivity index (χ2v) is 20.5. The lowest BCUT2D eigenvalue weighted by atomic mass is 9.65. The molecular formula is C25H50Si. The predicted molar refractivity (Wildman–Crippen MR) is 122 cm³/mol. The molecule has 0 aromatic heterocycles. The molecule has 26 heavy (non-hydrogen) atoms. The van der Waals surface area contributed by atoms with Crippen LogP contribution in [0, 0.1) is 21.7 Å². The van der Waals surface area contributed by atoms with Crippen molar-refractivity contribution in [2.24, 2.45) is 21.7 Å². The Morgan fingerprint density at radius 1 is 0.577 bits per heavy atom. The van der Waals surface area contributed by atoms with Crippen LogP contribution < -0.4 is 0 Å². The molecule has 2 saturated carbocycles. The lowest BCUT2D eigenvalue weighted by Crippen LogP contribution is -2.56. The van der Waals surface area contributed by atoms with Gasteiger partial charge in [-0.25, -0.2) is 0 Å². The Morgan fingerprint density at radius 2 is 0.808 bits per heavy atom. The average Bonchev–Trinajstić information content (AvgIpc) is 2.28. The molecule has 0 amide bonds. The van der Waals surface area contributed by atoms with Gasteiger partial charge in [-0.15, -0.1) is 0 Å². The fourth-order valence-corrected chi connectivity index (χ4v) is 15.1. The molecule has 0 bridgehead atoms. The van der Waals surface area contributed by atoms with Crippen LogP contribution in [0.15, 0.2) is 0 Å². The molecule has 0 unspecified atom stereocenters. The normalized spacial score (nSPS) is 29.5. The van der Waals surface area contributed by atoms with Crippen LogP contribution in [0.2, 0.25) is 22.7 Å². The van der Waals surface area contributed by atoms with Crippen molar-refractivity contribution < 1.29 is 0 Å². The molecule has 154 valence electrons. The zero-order valence-corrected chi connectivity index (χ0v) is 21.4. The summed E-state index contributed by atoms with van der Waals surface area (Å²) in [4.78, 5) is 0. The van der Waals surface area contributed by atoms with E-state index in [-0.39, 0.29) is 0 Å². The maximum atomic E-state index is 2.83. The first-order valence-electron chi connectivity index (χ1n) is 11.3. The molecule has 2 fully saturated rings. The molecule has 1 heteroatoms. The third-order valence-electron chi connectivity index (χ3n) is 8.42. The summed E-state index contributed by atoms with van der Waals surface area (Å²) in [5, 5.41) is 0.481. The summed E-state index contributed by atoms with van der Waals surface area (Å²) in [5.74, 6) is 0. The lowest BCUT2D eigenvalue weighted by molar-refractivity contribution is 0.0978. The summed E-state index contributed by atoms with van der Waals surface area (Å²) in [7, 11) is -1.50. The van der Waals surface area contributed by atoms with Crippen molar-refractivity contribution in [1.29, 1.82) is 0 Å². The van der Waals surface area contributed by atoms with Crippen LogP contribution in [-0.2, 0) is 0 Å². The summed E-state index contributed by atoms with van der Waals surface area (Å²) in [6, 6.07) is 0. The van der Waals surface area contributed by atoms with E-state index in [4.69, 9.17) is 0 Å². The smallest absolute Gasteiger partial charge is 0.0621 e. The van der Waals surface area contributed by atoms with Crippen LogP contribution >= 0.6 is 0 Å². The first-order chi connectivity index (χ1) is 11.3. The highest BCUT2D eigenvalue weighted by molar-refractivity contribution is 6.84. The lowest BCUT2D eigenvalue weighted by Gasteiger charge is -2.61. The summed E-state index contributed by atoms with van der Waals surface area (Å²) < 4.78 is 0. The Balaban J connectivity index is 2.49. The highest BCUT2D eigenvalue weighted by Gasteiger charge is 2.57. The fourth-order valence-electron chi connectivity index (χ4n) is 8.10. The largest absolute Gasteiger partial charge is 0.0684 e. The Morgan fingerprint density at radius 3 is 1.00 bits per heavy atom. The molecule has 2 aliphatic rings. The minimum absolute atomic E-state index is 0.481. The van der Waals surface area contributed by atoms with Crippen LogP contribution in [0.1, 0.15) is 115 Å². The van der Waals surface area contributed by atoms with Crippen molar-refractivity contribution in [3.63, 3.8) is 0 Å². The van der Waals surface area contributed by atoms with Gasteiger partial charge in [-0.05, 0) is 76.3 Å². The molecule has 0 radical (unpaired) electrons. The number of hydrogen-bond donors (Lipinski definition) is 0. The Labute approximate surface area is 167 Å². The van der Waals surface area contributed by atoms with Crippen LogP contribution in [-0.4, -0.2) is 8.07 Å². The third kappa shape index (κ3) is 4.61. The summed E-state index contributed by atoms with van der Waals surface area (Å²) in [5.41, 5.74) is 3.96. The van der Waals surface area contributed by atoms with Gasteiger partial charge in [0.25, 0.3) is 0 Å². The molecule has 0 atom stereocenters. The minimum Gasteiger partial charge on any atom is -0.0684 e. The zero-order valence-electron chi connectivity index (χ0n) is 20.4. The first-order valence-corrected chi connectivity index (χ1v) is 13.9. The van der Waals surface area contributed by atoms with Crippen LogP contribution in [0.5, 0.6) is 0 Å². The molecule has 0 aromatic rings. The average molecular weight is 379 g/mol. The molecule has 2 aliphatic carbocycles. The molecule has 0 heterocycles. The SMILES string of the molecule is CC1(C)CC([Si](C)(C2CC(C)(C)CC(C)(C)C2)C(C)(C)C)CC(C)(C)C1. The van der Waals surface area contributed by atoms with Crippen molar-refractivity contribution in [2.45, 2.75) is 137 Å². The van der Waals surface area contributed by atoms with Crippen molar-refractivity contribution in [3.05, 3.63) is 0 Å². The molecule has 0 N–H and O–H groups in total. The third-order valence-corrected chi connectivity index (χ3v) is 15.9. The van der Waals surface area contributed by atoms with E-state index in [1.165, 1.54) is 38.5 Å². The van der Waals surface area contributed by atoms with Gasteiger partial charge < -0.3 is 0 Å². The van der Waals surface area contributed by atoms with Crippen LogP contribution in [0.3, 0.4) is 0 Å². The van der Waals surface area contributed by atoms with Crippen molar-refractivity contribution in [1.82, 2.24) is 0 Å². The van der Waals surface area contributed by atoms with Gasteiger partial charge in [0.1, 0.15) is 0 Å². The Kier molecular flexibility index (Phi) is 5.51. The fraction of sp³-hybridized carbons (Fsp3) is 1.00. The number of rotatable bonds is 2. The first kappa shape index (κ1) is 22.5. The highest BCUT2D eigenvalue weighted by Crippen LogP contribution is 2.66. The van der Waals surface area contributed by atoms with E-state index >= 15 is 0 Å². The molecule has 0 spiro atoms. The van der Waals surface area contributed by atoms with Gasteiger partial charge in [0.2, 0.25) is 0 Å². The van der Waals surface area contributed by atoms with Crippen molar-refractivity contribution in [2.75, 3.05) is 0 Å². The molecule has 0 aromatic carbocycles. The van der Waals surface area contributed by atoms with Gasteiger partial charge in [-0.3, -0.25) is 0 Å². The van der Waals surface area contributed by atoms with Gasteiger partial charge in [0, 0.05) is 0 Å². The monoisotopic (exact) mass is 378 g/mol. The maximum absolute atomic E-state index is 2.83. The molecule has 0 nitrogen and oxygen atoms in total. The van der Waals surface area contributed by atoms with Crippen molar-refractivity contribution >= 4 is 8.07 Å². The van der Waals surface area contributed by atoms with Gasteiger partial charge in [-0.1, -0.05) is 82.7 Å². The van der Waals surface area contributed by atoms with Gasteiger partial charge in [-0.2, -0.15) is 0 Å². The summed E-state index contributed by atoms with van der Waals surface area (Å²) >= 11 is 0. The molecule has 0 saturated heterocycles. The van der Waals surface area contributed by atoms with Crippen LogP contribution in [0.4, 0.5) is 0 Å². The highest BCUT2D eigenvalue weighted by atomic mass is 28.3. The quantitative estimate of drug-likeness (QED) is 0.420. The number of hydrogen-bond acceptors (Lipinski definition) is 0. The van der Waals surface area contributed by atoms with E-state index < -0.39 is 8.07 Å². The van der Waals surface area contributed by atoms with E-state index in [9.17, 15) is 0 Å². The standard InChI is InChI=1S/C25H50Si/c1-21(2,3)26(12,19-13-22(4,5)17-23(6,7)14-19)20-15-24(8,9)18-25(10,11)16-20/h19-20H,13-18H2,1-12H3. The van der Waals surface area contributed by atoms with Gasteiger partial charge in [0.15, 0.2) is 0 Å². The van der Waals surface area contributed by atoms with E-state index in [0.717, 1.165) is 11.1 Å². The van der Waals surface area contributed by atoms with E-state index in [1.54, 1.807) is 0 Å².